The molecule has 0 atom stereocenters. The maximum atomic E-state index is 13.3. The summed E-state index contributed by atoms with van der Waals surface area (Å²) < 4.78 is 2.91. The van der Waals surface area contributed by atoms with Crippen LogP contribution >= 0.6 is 0 Å². The van der Waals surface area contributed by atoms with Crippen LogP contribution < -0.4 is 10.9 Å². The van der Waals surface area contributed by atoms with Crippen LogP contribution in [0.2, 0.25) is 0 Å². The zero-order valence-corrected chi connectivity index (χ0v) is 18.0. The fourth-order valence-corrected chi connectivity index (χ4v) is 3.28. The summed E-state index contributed by atoms with van der Waals surface area (Å²) in [5.41, 5.74) is 0.552. The van der Waals surface area contributed by atoms with Crippen LogP contribution in [0.4, 0.5) is 5.82 Å². The predicted molar refractivity (Wildman–Crippen MR) is 120 cm³/mol. The molecule has 0 unspecified atom stereocenters. The molecule has 0 saturated carbocycles. The summed E-state index contributed by atoms with van der Waals surface area (Å²) in [6.07, 6.45) is 1.67. The van der Waals surface area contributed by atoms with Gasteiger partial charge in [-0.2, -0.15) is 14.9 Å². The molecule has 1 N–H and O–H groups in total. The van der Waals surface area contributed by atoms with E-state index in [1.807, 2.05) is 31.2 Å². The Bertz CT molecular complexity index is 1320. The highest BCUT2D eigenvalue weighted by molar-refractivity contribution is 6.10. The van der Waals surface area contributed by atoms with Crippen molar-refractivity contribution in [3.63, 3.8) is 0 Å². The van der Waals surface area contributed by atoms with Crippen LogP contribution in [0.15, 0.2) is 59.5 Å². The second kappa shape index (κ2) is 7.79. The molecule has 4 aromatic rings. The zero-order valence-electron chi connectivity index (χ0n) is 18.0. The zero-order chi connectivity index (χ0) is 22.2. The third-order valence-electron chi connectivity index (χ3n) is 4.97. The third-order valence-corrected chi connectivity index (χ3v) is 4.97. The molecular weight excluding hydrogens is 392 g/mol. The lowest BCUT2D eigenvalue weighted by molar-refractivity contribution is 0.102. The van der Waals surface area contributed by atoms with Gasteiger partial charge < -0.3 is 5.32 Å². The van der Waals surface area contributed by atoms with Crippen molar-refractivity contribution in [1.29, 1.82) is 0 Å². The molecule has 0 aliphatic rings. The Balaban J connectivity index is 1.82. The topological polar surface area (TPSA) is 94.7 Å². The summed E-state index contributed by atoms with van der Waals surface area (Å²) >= 11 is 0. The minimum Gasteiger partial charge on any atom is -0.305 e. The lowest BCUT2D eigenvalue weighted by Crippen LogP contribution is -2.27. The van der Waals surface area contributed by atoms with Gasteiger partial charge in [0.15, 0.2) is 11.5 Å². The van der Waals surface area contributed by atoms with Crippen molar-refractivity contribution < 1.29 is 4.79 Å². The lowest BCUT2D eigenvalue weighted by atomic mass is 9.92. The first-order valence-corrected chi connectivity index (χ1v) is 10.1. The molecule has 0 aliphatic heterocycles. The maximum Gasteiger partial charge on any atom is 0.277 e. The van der Waals surface area contributed by atoms with Gasteiger partial charge in [-0.05, 0) is 25.1 Å². The van der Waals surface area contributed by atoms with Gasteiger partial charge in [-0.3, -0.25) is 9.59 Å². The van der Waals surface area contributed by atoms with Crippen LogP contribution in [0, 0.1) is 0 Å². The Morgan fingerprint density at radius 1 is 1.03 bits per heavy atom. The van der Waals surface area contributed by atoms with Crippen LogP contribution in [0.5, 0.6) is 0 Å². The Kier molecular flexibility index (Phi) is 5.14. The number of anilines is 1. The van der Waals surface area contributed by atoms with Gasteiger partial charge in [0.25, 0.3) is 11.5 Å². The van der Waals surface area contributed by atoms with Gasteiger partial charge in [0.2, 0.25) is 0 Å². The highest BCUT2D eigenvalue weighted by atomic mass is 16.2. The van der Waals surface area contributed by atoms with Crippen molar-refractivity contribution in [2.75, 3.05) is 5.32 Å². The number of rotatable bonds is 4. The molecule has 0 radical (unpaired) electrons. The molecule has 3 aromatic heterocycles. The molecule has 1 amide bonds. The number of nitrogens with zero attached hydrogens (tertiary/aromatic N) is 5. The van der Waals surface area contributed by atoms with E-state index >= 15 is 0 Å². The van der Waals surface area contributed by atoms with Crippen molar-refractivity contribution in [2.24, 2.45) is 0 Å². The minimum atomic E-state index is -0.420. The van der Waals surface area contributed by atoms with Gasteiger partial charge in [0.05, 0.1) is 11.1 Å². The van der Waals surface area contributed by atoms with Gasteiger partial charge >= 0.3 is 0 Å². The number of aromatic nitrogens is 5. The monoisotopic (exact) mass is 416 g/mol. The third kappa shape index (κ3) is 3.84. The van der Waals surface area contributed by atoms with E-state index in [1.165, 1.54) is 4.68 Å². The quantitative estimate of drug-likeness (QED) is 0.549. The summed E-state index contributed by atoms with van der Waals surface area (Å²) in [4.78, 5) is 30.3. The van der Waals surface area contributed by atoms with E-state index in [2.05, 4.69) is 41.3 Å². The summed E-state index contributed by atoms with van der Waals surface area (Å²) in [7, 11) is 0. The van der Waals surface area contributed by atoms with E-state index in [4.69, 9.17) is 0 Å². The fourth-order valence-electron chi connectivity index (χ4n) is 3.28. The fraction of sp³-hybridized carbons (Fsp3) is 0.261. The van der Waals surface area contributed by atoms with Crippen LogP contribution in [0.1, 0.15) is 43.9 Å². The molecule has 0 fully saturated rings. The van der Waals surface area contributed by atoms with Gasteiger partial charge in [-0.15, -0.1) is 0 Å². The highest BCUT2D eigenvalue weighted by Crippen LogP contribution is 2.26. The molecular formula is C23H24N6O2. The van der Waals surface area contributed by atoms with E-state index in [0.717, 1.165) is 5.69 Å². The number of aryl methyl sites for hydroxylation is 1. The second-order valence-corrected chi connectivity index (χ2v) is 8.23. The predicted octanol–water partition coefficient (Wildman–Crippen LogP) is 3.55. The Morgan fingerprint density at radius 2 is 1.74 bits per heavy atom. The van der Waals surface area contributed by atoms with Crippen LogP contribution in [0.25, 0.3) is 16.6 Å². The Hall–Kier alpha value is -3.81. The molecule has 0 spiro atoms. The molecule has 0 saturated heterocycles. The smallest absolute Gasteiger partial charge is 0.277 e. The molecule has 31 heavy (non-hydrogen) atoms. The molecule has 158 valence electrons. The van der Waals surface area contributed by atoms with Crippen molar-refractivity contribution >= 4 is 22.5 Å². The van der Waals surface area contributed by atoms with Crippen molar-refractivity contribution in [3.05, 3.63) is 76.5 Å². The summed E-state index contributed by atoms with van der Waals surface area (Å²) in [6, 6.07) is 14.3. The molecule has 3 heterocycles. The normalized spacial score (nSPS) is 11.6. The number of hydrogen-bond donors (Lipinski definition) is 1. The van der Waals surface area contributed by atoms with E-state index in [0.29, 0.717) is 29.0 Å². The van der Waals surface area contributed by atoms with Gasteiger partial charge in [0.1, 0.15) is 5.82 Å². The van der Waals surface area contributed by atoms with Crippen LogP contribution in [-0.2, 0) is 12.0 Å². The number of benzene rings is 1. The van der Waals surface area contributed by atoms with E-state index in [-0.39, 0.29) is 16.7 Å². The molecule has 0 bridgehead atoms. The number of pyridine rings is 1. The van der Waals surface area contributed by atoms with Crippen molar-refractivity contribution in [1.82, 2.24) is 24.5 Å². The molecule has 1 aromatic carbocycles. The number of carbonyl (C=O) groups is 1. The van der Waals surface area contributed by atoms with E-state index in [1.54, 1.807) is 35.1 Å². The SMILES string of the molecule is CCn1nc(C(=O)Nc2cc(C(C)(C)C)nn2-c2ccccn2)c2ccccc2c1=O. The van der Waals surface area contributed by atoms with Crippen LogP contribution in [-0.4, -0.2) is 30.5 Å². The van der Waals surface area contributed by atoms with Gasteiger partial charge in [-0.1, -0.05) is 45.0 Å². The molecule has 0 aliphatic carbocycles. The van der Waals surface area contributed by atoms with E-state index < -0.39 is 5.91 Å². The van der Waals surface area contributed by atoms with Crippen LogP contribution in [0.3, 0.4) is 0 Å². The lowest BCUT2D eigenvalue weighted by Gasteiger charge is -2.13. The van der Waals surface area contributed by atoms with Gasteiger partial charge in [0, 0.05) is 29.6 Å². The largest absolute Gasteiger partial charge is 0.305 e. The van der Waals surface area contributed by atoms with Crippen molar-refractivity contribution in [3.8, 4) is 5.82 Å². The Labute approximate surface area is 179 Å². The first-order valence-electron chi connectivity index (χ1n) is 10.1. The molecule has 8 heteroatoms. The first-order chi connectivity index (χ1) is 14.8. The number of nitrogens with one attached hydrogen (secondary N) is 1. The van der Waals surface area contributed by atoms with E-state index in [9.17, 15) is 9.59 Å². The number of carbonyl (C=O) groups excluding carboxylic acids is 1. The number of hydrogen-bond acceptors (Lipinski definition) is 5. The molecule has 8 nitrogen and oxygen atoms in total. The number of amides is 1. The Morgan fingerprint density at radius 3 is 2.39 bits per heavy atom. The molecule has 4 rings (SSSR count). The second-order valence-electron chi connectivity index (χ2n) is 8.23. The average Bonchev–Trinajstić information content (AvgIpc) is 3.19. The highest BCUT2D eigenvalue weighted by Gasteiger charge is 2.23. The summed E-state index contributed by atoms with van der Waals surface area (Å²) in [6.45, 7) is 8.34. The van der Waals surface area contributed by atoms with Crippen molar-refractivity contribution in [2.45, 2.75) is 39.7 Å². The summed E-state index contributed by atoms with van der Waals surface area (Å²) in [5.74, 6) is 0.648. The first kappa shape index (κ1) is 20.5. The maximum absolute atomic E-state index is 13.3. The standard InChI is InChI=1S/C23H24N6O2/c1-5-28-22(31)16-11-7-6-10-15(16)20(27-28)21(30)25-19-14-17(23(2,3)4)26-29(19)18-12-8-9-13-24-18/h6-14H,5H2,1-4H3,(H,25,30). The minimum absolute atomic E-state index is 0.183. The average molecular weight is 416 g/mol. The number of fused-ring (bicyclic) bond motifs is 1. The van der Waals surface area contributed by atoms with Gasteiger partial charge in [-0.25, -0.2) is 9.67 Å². The summed E-state index contributed by atoms with van der Waals surface area (Å²) in [5, 5.41) is 12.9.